The molecule has 0 saturated carbocycles. The Labute approximate surface area is 237 Å². The number of hydrazone groups is 1. The Balaban J connectivity index is 1.87. The van der Waals surface area contributed by atoms with Crippen LogP contribution < -0.4 is 5.32 Å². The number of carbonyl (C=O) groups is 1. The van der Waals surface area contributed by atoms with Crippen molar-refractivity contribution in [1.82, 2.24) is 5.01 Å². The van der Waals surface area contributed by atoms with Crippen LogP contribution >= 0.6 is 23.4 Å². The molecule has 15 heteroatoms. The van der Waals surface area contributed by atoms with E-state index in [0.29, 0.717) is 30.0 Å². The lowest BCUT2D eigenvalue weighted by atomic mass is 9.78. The zero-order valence-corrected chi connectivity index (χ0v) is 24.0. The molecule has 1 aliphatic heterocycles. The second-order valence-corrected chi connectivity index (χ2v) is 13.0. The van der Waals surface area contributed by atoms with E-state index in [-0.39, 0.29) is 18.8 Å². The molecule has 0 aromatic heterocycles. The van der Waals surface area contributed by atoms with Crippen LogP contribution in [0.1, 0.15) is 36.5 Å². The minimum absolute atomic E-state index is 0.154. The van der Waals surface area contributed by atoms with Gasteiger partial charge in [0.05, 0.1) is 26.8 Å². The van der Waals surface area contributed by atoms with Gasteiger partial charge in [0.1, 0.15) is 6.54 Å². The smallest absolute Gasteiger partial charge is 0.324 e. The van der Waals surface area contributed by atoms with Crippen LogP contribution in [0.3, 0.4) is 0 Å². The second kappa shape index (κ2) is 11.8. The number of benzene rings is 2. The van der Waals surface area contributed by atoms with E-state index in [2.05, 4.69) is 10.4 Å². The number of alkyl halides is 6. The number of amides is 1. The highest BCUT2D eigenvalue weighted by molar-refractivity contribution is 7.98. The number of hydrogen-bond acceptors (Lipinski definition) is 6. The molecular weight excluding hydrogens is 604 g/mol. The molecule has 0 spiro atoms. The molecule has 0 bridgehead atoms. The molecule has 0 aliphatic carbocycles. The summed E-state index contributed by atoms with van der Waals surface area (Å²) in [5, 5.41) is 7.83. The average molecular weight is 630 g/mol. The van der Waals surface area contributed by atoms with Gasteiger partial charge in [-0.3, -0.25) is 9.80 Å². The Morgan fingerprint density at radius 1 is 1.10 bits per heavy atom. The van der Waals surface area contributed by atoms with Crippen molar-refractivity contribution < 1.29 is 39.6 Å². The summed E-state index contributed by atoms with van der Waals surface area (Å²) in [6.07, 6.45) is -5.59. The van der Waals surface area contributed by atoms with Gasteiger partial charge in [0, 0.05) is 23.9 Å². The molecule has 2 aromatic carbocycles. The van der Waals surface area contributed by atoms with Crippen LogP contribution in [0.2, 0.25) is 5.02 Å². The lowest BCUT2D eigenvalue weighted by Crippen LogP contribution is -2.35. The maximum Gasteiger partial charge on any atom is 0.417 e. The molecule has 2 aromatic rings. The number of anilines is 1. The highest BCUT2D eigenvalue weighted by Crippen LogP contribution is 2.40. The van der Waals surface area contributed by atoms with Gasteiger partial charge in [0.25, 0.3) is 0 Å². The van der Waals surface area contributed by atoms with E-state index in [4.69, 9.17) is 11.6 Å². The number of carbonyl (C=O) groups excluding carboxylic acids is 1. The van der Waals surface area contributed by atoms with Gasteiger partial charge in [-0.15, -0.1) is 0 Å². The molecule has 0 radical (unpaired) electrons. The van der Waals surface area contributed by atoms with Gasteiger partial charge >= 0.3 is 12.4 Å². The third kappa shape index (κ3) is 7.64. The third-order valence-corrected chi connectivity index (χ3v) is 8.41. The number of halogens is 7. The Hall–Kier alpha value is -2.45. The van der Waals surface area contributed by atoms with Crippen molar-refractivity contribution >= 4 is 50.5 Å². The van der Waals surface area contributed by atoms with Crippen LogP contribution in [0.15, 0.2) is 46.4 Å². The van der Waals surface area contributed by atoms with Crippen LogP contribution in [0, 0.1) is 5.41 Å². The van der Waals surface area contributed by atoms with Gasteiger partial charge in [0.15, 0.2) is 9.84 Å². The lowest BCUT2D eigenvalue weighted by molar-refractivity contribution is -0.140. The molecule has 3 rings (SSSR count). The Morgan fingerprint density at radius 3 is 2.27 bits per heavy atom. The highest BCUT2D eigenvalue weighted by Gasteiger charge is 2.41. The zero-order valence-electron chi connectivity index (χ0n) is 21.6. The topological polar surface area (TPSA) is 78.8 Å². The summed E-state index contributed by atoms with van der Waals surface area (Å²) in [7, 11) is -4.26. The number of nitrogens with zero attached hydrogens (tertiary/aromatic N) is 2. The van der Waals surface area contributed by atoms with E-state index in [0.717, 1.165) is 30.4 Å². The summed E-state index contributed by atoms with van der Waals surface area (Å²) in [4.78, 5) is 11.8. The highest BCUT2D eigenvalue weighted by atomic mass is 35.5. The van der Waals surface area contributed by atoms with Gasteiger partial charge in [-0.1, -0.05) is 24.6 Å². The molecule has 6 nitrogen and oxygen atoms in total. The van der Waals surface area contributed by atoms with Crippen LogP contribution in [0.25, 0.3) is 0 Å². The largest absolute Gasteiger partial charge is 0.417 e. The van der Waals surface area contributed by atoms with E-state index in [1.54, 1.807) is 11.8 Å². The Bertz CT molecular complexity index is 1410. The molecule has 1 N–H and O–H groups in total. The molecular formula is C25H26ClF6N3O3S2. The summed E-state index contributed by atoms with van der Waals surface area (Å²) in [5.74, 6) is 0.148. The lowest BCUT2D eigenvalue weighted by Gasteiger charge is -2.27. The van der Waals surface area contributed by atoms with Crippen molar-refractivity contribution in [3.05, 3.63) is 58.1 Å². The Morgan fingerprint density at radius 2 is 1.73 bits per heavy atom. The average Bonchev–Trinajstić information content (AvgIpc) is 3.12. The van der Waals surface area contributed by atoms with E-state index >= 15 is 0 Å². The molecule has 220 valence electrons. The molecule has 40 heavy (non-hydrogen) atoms. The predicted octanol–water partition coefficient (Wildman–Crippen LogP) is 6.59. The fourth-order valence-corrected chi connectivity index (χ4v) is 6.12. The van der Waals surface area contributed by atoms with Gasteiger partial charge < -0.3 is 5.32 Å². The van der Waals surface area contributed by atoms with Crippen molar-refractivity contribution in [2.24, 2.45) is 10.5 Å². The summed E-state index contributed by atoms with van der Waals surface area (Å²) in [6, 6.07) is 5.61. The van der Waals surface area contributed by atoms with E-state index < -0.39 is 54.6 Å². The molecule has 1 unspecified atom stereocenters. The molecule has 0 fully saturated rings. The van der Waals surface area contributed by atoms with Crippen LogP contribution in [-0.2, 0) is 27.0 Å². The fourth-order valence-electron chi connectivity index (χ4n) is 4.48. The second-order valence-electron chi connectivity index (χ2n) is 9.65. The molecule has 0 saturated heterocycles. The van der Waals surface area contributed by atoms with E-state index in [1.807, 2.05) is 13.2 Å². The van der Waals surface area contributed by atoms with Crippen molar-refractivity contribution in [2.75, 3.05) is 36.7 Å². The van der Waals surface area contributed by atoms with Gasteiger partial charge in [-0.05, 0) is 60.7 Å². The van der Waals surface area contributed by atoms with Crippen LogP contribution in [-0.4, -0.2) is 56.4 Å². The van der Waals surface area contributed by atoms with Gasteiger partial charge in [-0.2, -0.15) is 43.2 Å². The standard InChI is InChI=1S/C25H26ClF6N3O3S2/c1-23(9-4-10-39-2)14-35(34-22(23)15-5-7-17(19(26)11-15)24(27,28)29)13-21(36)33-16-6-8-18(25(30,31)32)20(12-16)40(3,37)38/h5-8,11-12H,4,9-10,13-14H2,1-3H3,(H,33,36). The van der Waals surface area contributed by atoms with E-state index in [9.17, 15) is 39.6 Å². The summed E-state index contributed by atoms with van der Waals surface area (Å²) in [5.41, 5.74) is -2.31. The number of hydrogen-bond donors (Lipinski definition) is 1. The number of thioether (sulfide) groups is 1. The third-order valence-electron chi connectivity index (χ3n) is 6.27. The van der Waals surface area contributed by atoms with Crippen molar-refractivity contribution in [3.8, 4) is 0 Å². The van der Waals surface area contributed by atoms with Crippen molar-refractivity contribution in [1.29, 1.82) is 0 Å². The number of nitrogens with one attached hydrogen (secondary N) is 1. The Kier molecular flexibility index (Phi) is 9.47. The molecule has 1 aliphatic rings. The first-order valence-corrected chi connectivity index (χ1v) is 15.4. The summed E-state index contributed by atoms with van der Waals surface area (Å²) < 4.78 is 103. The zero-order chi connectivity index (χ0) is 30.1. The maximum absolute atomic E-state index is 13.3. The van der Waals surface area contributed by atoms with Gasteiger partial charge in [0.2, 0.25) is 5.91 Å². The minimum Gasteiger partial charge on any atom is -0.324 e. The SMILES string of the molecule is CSCCCC1(C)CN(CC(=O)Nc2ccc(C(F)(F)F)c(S(C)(=O)=O)c2)N=C1c1ccc(C(F)(F)F)c(Cl)c1. The maximum atomic E-state index is 13.3. The summed E-state index contributed by atoms with van der Waals surface area (Å²) >= 11 is 7.57. The van der Waals surface area contributed by atoms with Gasteiger partial charge in [-0.25, -0.2) is 8.42 Å². The van der Waals surface area contributed by atoms with Crippen LogP contribution in [0.5, 0.6) is 0 Å². The van der Waals surface area contributed by atoms with Crippen molar-refractivity contribution in [3.63, 3.8) is 0 Å². The quantitative estimate of drug-likeness (QED) is 0.250. The first kappa shape index (κ1) is 32.1. The predicted molar refractivity (Wildman–Crippen MR) is 143 cm³/mol. The van der Waals surface area contributed by atoms with E-state index in [1.165, 1.54) is 17.1 Å². The normalized spacial score (nSPS) is 18.1. The summed E-state index contributed by atoms with van der Waals surface area (Å²) in [6.45, 7) is 1.78. The first-order chi connectivity index (χ1) is 18.3. The monoisotopic (exact) mass is 629 g/mol. The molecule has 1 atom stereocenters. The van der Waals surface area contributed by atoms with Crippen molar-refractivity contribution in [2.45, 2.75) is 37.0 Å². The fraction of sp³-hybridized carbons (Fsp3) is 0.440. The number of rotatable bonds is 9. The molecule has 1 amide bonds. The van der Waals surface area contributed by atoms with Crippen LogP contribution in [0.4, 0.5) is 32.0 Å². The molecule has 1 heterocycles. The first-order valence-electron chi connectivity index (χ1n) is 11.8. The minimum atomic E-state index is -4.91. The number of sulfone groups is 1.